The average Bonchev–Trinajstić information content (AvgIpc) is 3.56. The Hall–Kier alpha value is -2.65. The van der Waals surface area contributed by atoms with Gasteiger partial charge in [0, 0.05) is 24.2 Å². The number of carbonyl (C=O) groups is 1. The molecular formula is C22H27BrN6O2. The van der Waals surface area contributed by atoms with E-state index in [1.165, 1.54) is 0 Å². The number of fused-ring (bicyclic) bond motifs is 1. The van der Waals surface area contributed by atoms with Crippen LogP contribution in [0.3, 0.4) is 0 Å². The zero-order valence-electron chi connectivity index (χ0n) is 17.4. The lowest BCUT2D eigenvalue weighted by Gasteiger charge is -2.17. The summed E-state index contributed by atoms with van der Waals surface area (Å²) in [5.41, 5.74) is 2.59. The van der Waals surface area contributed by atoms with Gasteiger partial charge in [-0.15, -0.1) is 0 Å². The van der Waals surface area contributed by atoms with Gasteiger partial charge in [-0.05, 0) is 52.9 Å². The molecule has 1 fully saturated rings. The number of nitrogens with zero attached hydrogens (tertiary/aromatic N) is 3. The molecule has 9 heteroatoms. The Labute approximate surface area is 189 Å². The summed E-state index contributed by atoms with van der Waals surface area (Å²) >= 11 is 3.50. The molecule has 1 aliphatic rings. The van der Waals surface area contributed by atoms with Crippen molar-refractivity contribution in [2.75, 3.05) is 22.6 Å². The van der Waals surface area contributed by atoms with Crippen LogP contribution in [0.5, 0.6) is 0 Å². The van der Waals surface area contributed by atoms with Gasteiger partial charge in [0.2, 0.25) is 5.91 Å². The smallest absolute Gasteiger partial charge is 0.227 e. The molecule has 1 amide bonds. The van der Waals surface area contributed by atoms with E-state index in [1.807, 2.05) is 30.3 Å². The van der Waals surface area contributed by atoms with Crippen molar-refractivity contribution < 1.29 is 9.90 Å². The lowest BCUT2D eigenvalue weighted by Crippen LogP contribution is -2.24. The Morgan fingerprint density at radius 2 is 2.10 bits per heavy atom. The lowest BCUT2D eigenvalue weighted by atomic mass is 10.2. The Morgan fingerprint density at radius 1 is 1.32 bits per heavy atom. The molecule has 31 heavy (non-hydrogen) atoms. The monoisotopic (exact) mass is 486 g/mol. The van der Waals surface area contributed by atoms with Gasteiger partial charge in [0.25, 0.3) is 0 Å². The number of carbonyl (C=O) groups excluding carboxylic acids is 1. The first-order valence-corrected chi connectivity index (χ1v) is 11.4. The van der Waals surface area contributed by atoms with E-state index in [0.29, 0.717) is 18.0 Å². The van der Waals surface area contributed by atoms with Gasteiger partial charge in [-0.1, -0.05) is 25.5 Å². The van der Waals surface area contributed by atoms with E-state index in [1.54, 1.807) is 10.7 Å². The quantitative estimate of drug-likeness (QED) is 0.345. The fourth-order valence-corrected chi connectivity index (χ4v) is 3.74. The van der Waals surface area contributed by atoms with E-state index in [4.69, 9.17) is 0 Å². The highest BCUT2D eigenvalue weighted by Gasteiger charge is 2.29. The number of aromatic nitrogens is 3. The molecule has 0 saturated heterocycles. The molecule has 1 saturated carbocycles. The molecule has 0 aliphatic heterocycles. The van der Waals surface area contributed by atoms with Crippen LogP contribution in [0.1, 0.15) is 38.2 Å². The van der Waals surface area contributed by atoms with Crippen LogP contribution < -0.4 is 16.0 Å². The van der Waals surface area contributed by atoms with Gasteiger partial charge in [0.05, 0.1) is 23.3 Å². The second-order valence-corrected chi connectivity index (χ2v) is 8.74. The summed E-state index contributed by atoms with van der Waals surface area (Å²) in [7, 11) is 0. The van der Waals surface area contributed by atoms with E-state index < -0.39 is 0 Å². The average molecular weight is 487 g/mol. The van der Waals surface area contributed by atoms with Gasteiger partial charge < -0.3 is 21.1 Å². The topological polar surface area (TPSA) is 104 Å². The first-order chi connectivity index (χ1) is 15.1. The van der Waals surface area contributed by atoms with Crippen LogP contribution in [-0.2, 0) is 11.3 Å². The molecule has 4 N–H and O–H groups in total. The standard InChI is InChI=1S/C22H27BrN6O2/c1-2-3-17(13-30)26-19-10-20(29-21(28-19)18(23)12-25-29)24-11-14-4-8-16(9-5-14)27-22(31)15-6-7-15/h4-5,8-10,12,15,17,24,30H,2-3,6-7,11,13H2,1H3,(H,26,28)(H,27,31). The number of rotatable bonds is 10. The van der Waals surface area contributed by atoms with Gasteiger partial charge in [-0.3, -0.25) is 4.79 Å². The maximum Gasteiger partial charge on any atom is 0.227 e. The number of aliphatic hydroxyl groups is 1. The third kappa shape index (κ3) is 5.34. The maximum absolute atomic E-state index is 11.9. The summed E-state index contributed by atoms with van der Waals surface area (Å²) in [5, 5.41) is 23.7. The summed E-state index contributed by atoms with van der Waals surface area (Å²) in [4.78, 5) is 16.5. The number of amides is 1. The van der Waals surface area contributed by atoms with Crippen molar-refractivity contribution >= 4 is 44.8 Å². The van der Waals surface area contributed by atoms with E-state index in [9.17, 15) is 9.90 Å². The Bertz CT molecular complexity index is 1050. The summed E-state index contributed by atoms with van der Waals surface area (Å²) in [6, 6.07) is 9.69. The third-order valence-corrected chi connectivity index (χ3v) is 5.84. The SMILES string of the molecule is CCCC(CO)Nc1cc(NCc2ccc(NC(=O)C3CC3)cc2)n2ncc(Br)c2n1. The highest BCUT2D eigenvalue weighted by Crippen LogP contribution is 2.30. The Balaban J connectivity index is 1.47. The highest BCUT2D eigenvalue weighted by atomic mass is 79.9. The molecule has 4 rings (SSSR count). The van der Waals surface area contributed by atoms with Crippen LogP contribution in [0.4, 0.5) is 17.3 Å². The molecule has 164 valence electrons. The fraction of sp³-hybridized carbons (Fsp3) is 0.409. The molecule has 1 atom stereocenters. The summed E-state index contributed by atoms with van der Waals surface area (Å²) in [6.07, 6.45) is 5.53. The van der Waals surface area contributed by atoms with Crippen LogP contribution >= 0.6 is 15.9 Å². The molecular weight excluding hydrogens is 460 g/mol. The van der Waals surface area contributed by atoms with Crippen LogP contribution in [0, 0.1) is 5.92 Å². The van der Waals surface area contributed by atoms with Crippen LogP contribution in [0.15, 0.2) is 41.0 Å². The second kappa shape index (κ2) is 9.65. The molecule has 0 spiro atoms. The summed E-state index contributed by atoms with van der Waals surface area (Å²) in [5.74, 6) is 1.77. The van der Waals surface area contributed by atoms with E-state index in [-0.39, 0.29) is 24.5 Å². The van der Waals surface area contributed by atoms with E-state index in [2.05, 4.69) is 48.9 Å². The lowest BCUT2D eigenvalue weighted by molar-refractivity contribution is -0.117. The first kappa shape index (κ1) is 21.6. The molecule has 8 nitrogen and oxygen atoms in total. The number of hydrogen-bond acceptors (Lipinski definition) is 6. The van der Waals surface area contributed by atoms with Crippen LogP contribution in [-0.4, -0.2) is 38.3 Å². The Morgan fingerprint density at radius 3 is 2.77 bits per heavy atom. The van der Waals surface area contributed by atoms with Crippen molar-refractivity contribution in [1.29, 1.82) is 0 Å². The second-order valence-electron chi connectivity index (χ2n) is 7.88. The zero-order valence-corrected chi connectivity index (χ0v) is 19.0. The zero-order chi connectivity index (χ0) is 21.8. The number of halogens is 1. The number of nitrogens with one attached hydrogen (secondary N) is 3. The minimum atomic E-state index is -0.0482. The van der Waals surface area contributed by atoms with Gasteiger partial charge in [0.15, 0.2) is 5.65 Å². The number of benzene rings is 1. The molecule has 0 radical (unpaired) electrons. The molecule has 0 bridgehead atoms. The molecule has 1 aromatic carbocycles. The number of anilines is 3. The Kier molecular flexibility index (Phi) is 6.72. The fourth-order valence-electron chi connectivity index (χ4n) is 3.39. The maximum atomic E-state index is 11.9. The molecule has 3 aromatic rings. The van der Waals surface area contributed by atoms with Crippen LogP contribution in [0.2, 0.25) is 0 Å². The largest absolute Gasteiger partial charge is 0.394 e. The van der Waals surface area contributed by atoms with Crippen molar-refractivity contribution in [3.05, 3.63) is 46.6 Å². The van der Waals surface area contributed by atoms with Crippen molar-refractivity contribution in [3.63, 3.8) is 0 Å². The molecule has 1 aliphatic carbocycles. The predicted octanol–water partition coefficient (Wildman–Crippen LogP) is 4.03. The van der Waals surface area contributed by atoms with Gasteiger partial charge in [-0.25, -0.2) is 4.98 Å². The van der Waals surface area contributed by atoms with E-state index in [0.717, 1.165) is 47.2 Å². The van der Waals surface area contributed by atoms with Crippen molar-refractivity contribution in [2.24, 2.45) is 5.92 Å². The van der Waals surface area contributed by atoms with Crippen molar-refractivity contribution in [2.45, 2.75) is 45.2 Å². The third-order valence-electron chi connectivity index (χ3n) is 5.28. The minimum absolute atomic E-state index is 0.0482. The van der Waals surface area contributed by atoms with Crippen molar-refractivity contribution in [3.8, 4) is 0 Å². The van der Waals surface area contributed by atoms with Gasteiger partial charge in [0.1, 0.15) is 11.6 Å². The summed E-state index contributed by atoms with van der Waals surface area (Å²) in [6.45, 7) is 2.73. The highest BCUT2D eigenvalue weighted by molar-refractivity contribution is 9.10. The van der Waals surface area contributed by atoms with Crippen LogP contribution in [0.25, 0.3) is 5.65 Å². The summed E-state index contributed by atoms with van der Waals surface area (Å²) < 4.78 is 2.54. The first-order valence-electron chi connectivity index (χ1n) is 10.6. The number of hydrogen-bond donors (Lipinski definition) is 4. The minimum Gasteiger partial charge on any atom is -0.394 e. The predicted molar refractivity (Wildman–Crippen MR) is 125 cm³/mol. The van der Waals surface area contributed by atoms with Crippen molar-refractivity contribution in [1.82, 2.24) is 14.6 Å². The van der Waals surface area contributed by atoms with E-state index >= 15 is 0 Å². The van der Waals surface area contributed by atoms with Gasteiger partial charge >= 0.3 is 0 Å². The molecule has 2 heterocycles. The number of aliphatic hydroxyl groups excluding tert-OH is 1. The normalized spacial score (nSPS) is 14.4. The van der Waals surface area contributed by atoms with Gasteiger partial charge in [-0.2, -0.15) is 9.61 Å². The molecule has 2 aromatic heterocycles. The molecule has 1 unspecified atom stereocenters.